The summed E-state index contributed by atoms with van der Waals surface area (Å²) >= 11 is 6.24. The van der Waals surface area contributed by atoms with E-state index in [-0.39, 0.29) is 0 Å². The number of piperidine rings is 1. The van der Waals surface area contributed by atoms with Crippen molar-refractivity contribution >= 4 is 35.0 Å². The van der Waals surface area contributed by atoms with E-state index in [4.69, 9.17) is 21.1 Å². The summed E-state index contributed by atoms with van der Waals surface area (Å²) in [6.07, 6.45) is 3.58. The molecule has 1 amide bonds. The number of nitrogens with zero attached hydrogens (tertiary/aromatic N) is 3. The molecule has 0 aliphatic carbocycles. The molecule has 0 spiro atoms. The normalized spacial score (nSPS) is 16.7. The minimum atomic E-state index is -1.12. The van der Waals surface area contributed by atoms with Crippen molar-refractivity contribution in [2.45, 2.75) is 44.8 Å². The molecule has 3 heterocycles. The number of rotatable bonds is 3. The molecule has 8 nitrogen and oxygen atoms in total. The molecule has 2 aromatic rings. The summed E-state index contributed by atoms with van der Waals surface area (Å²) in [5.74, 6) is 0.410. The van der Waals surface area contributed by atoms with Crippen LogP contribution in [0.2, 0.25) is 5.02 Å². The molecule has 152 valence electrons. The lowest BCUT2D eigenvalue weighted by molar-refractivity contribution is -0.149. The Kier molecular flexibility index (Phi) is 5.43. The standard InChI is InChI=1S/C19H25ClN4O4/c1-18(2,3)28-17(26)22-19(16(25)27-4)5-7-23(8-6-19)15-10-13(20)9-14-11-21-12-24(14)15/h9-12H,5-8H2,1-4H3,(H,22,26). The lowest BCUT2D eigenvalue weighted by Crippen LogP contribution is -2.61. The van der Waals surface area contributed by atoms with Crippen molar-refractivity contribution < 1.29 is 19.1 Å². The van der Waals surface area contributed by atoms with Crippen molar-refractivity contribution in [3.05, 3.63) is 29.7 Å². The second kappa shape index (κ2) is 7.50. The zero-order valence-electron chi connectivity index (χ0n) is 16.5. The molecule has 0 bridgehead atoms. The van der Waals surface area contributed by atoms with Gasteiger partial charge in [-0.15, -0.1) is 0 Å². The van der Waals surface area contributed by atoms with Gasteiger partial charge in [0.25, 0.3) is 0 Å². The average molecular weight is 409 g/mol. The Balaban J connectivity index is 1.80. The Labute approximate surface area is 168 Å². The van der Waals surface area contributed by atoms with Crippen LogP contribution >= 0.6 is 11.6 Å². The molecule has 1 saturated heterocycles. The van der Waals surface area contributed by atoms with E-state index in [9.17, 15) is 9.59 Å². The molecule has 1 aliphatic rings. The van der Waals surface area contributed by atoms with Gasteiger partial charge in [-0.1, -0.05) is 11.6 Å². The van der Waals surface area contributed by atoms with E-state index in [1.165, 1.54) is 7.11 Å². The second-order valence-electron chi connectivity index (χ2n) is 7.91. The minimum Gasteiger partial charge on any atom is -0.467 e. The maximum atomic E-state index is 12.5. The van der Waals surface area contributed by atoms with Crippen molar-refractivity contribution in [1.29, 1.82) is 0 Å². The van der Waals surface area contributed by atoms with Gasteiger partial charge in [-0.25, -0.2) is 14.6 Å². The van der Waals surface area contributed by atoms with Crippen LogP contribution in [-0.2, 0) is 14.3 Å². The number of ether oxygens (including phenoxy) is 2. The van der Waals surface area contributed by atoms with Crippen LogP contribution in [0.5, 0.6) is 0 Å². The molecule has 1 N–H and O–H groups in total. The van der Waals surface area contributed by atoms with Crippen molar-refractivity contribution in [2.75, 3.05) is 25.1 Å². The van der Waals surface area contributed by atoms with Gasteiger partial charge < -0.3 is 19.7 Å². The fourth-order valence-corrected chi connectivity index (χ4v) is 3.62. The van der Waals surface area contributed by atoms with Crippen LogP contribution in [0.1, 0.15) is 33.6 Å². The van der Waals surface area contributed by atoms with Crippen LogP contribution in [0, 0.1) is 0 Å². The van der Waals surface area contributed by atoms with E-state index in [0.29, 0.717) is 31.0 Å². The molecule has 28 heavy (non-hydrogen) atoms. The van der Waals surface area contributed by atoms with Crippen molar-refractivity contribution in [3.63, 3.8) is 0 Å². The highest BCUT2D eigenvalue weighted by Crippen LogP contribution is 2.30. The van der Waals surface area contributed by atoms with Crippen LogP contribution in [0.15, 0.2) is 24.7 Å². The molecule has 1 fully saturated rings. The van der Waals surface area contributed by atoms with Gasteiger partial charge in [-0.05, 0) is 45.7 Å². The molecular formula is C19H25ClN4O4. The largest absolute Gasteiger partial charge is 0.467 e. The first-order valence-corrected chi connectivity index (χ1v) is 9.47. The maximum Gasteiger partial charge on any atom is 0.408 e. The Morgan fingerprint density at radius 3 is 2.54 bits per heavy atom. The Morgan fingerprint density at radius 1 is 1.25 bits per heavy atom. The molecule has 9 heteroatoms. The summed E-state index contributed by atoms with van der Waals surface area (Å²) in [6.45, 7) is 6.37. The number of anilines is 1. The summed E-state index contributed by atoms with van der Waals surface area (Å²) < 4.78 is 12.3. The third-order valence-electron chi connectivity index (χ3n) is 4.72. The molecule has 0 atom stereocenters. The highest BCUT2D eigenvalue weighted by atomic mass is 35.5. The Bertz CT molecular complexity index is 882. The monoisotopic (exact) mass is 408 g/mol. The summed E-state index contributed by atoms with van der Waals surface area (Å²) in [4.78, 5) is 31.1. The number of nitrogens with one attached hydrogen (secondary N) is 1. The van der Waals surface area contributed by atoms with Gasteiger partial charge in [0.2, 0.25) is 0 Å². The molecule has 0 unspecified atom stereocenters. The number of fused-ring (bicyclic) bond motifs is 1. The number of alkyl carbamates (subject to hydrolysis) is 1. The van der Waals surface area contributed by atoms with E-state index >= 15 is 0 Å². The quantitative estimate of drug-likeness (QED) is 0.786. The van der Waals surface area contributed by atoms with Crippen LogP contribution < -0.4 is 10.2 Å². The number of pyridine rings is 1. The number of halogens is 1. The molecule has 0 aromatic carbocycles. The number of hydrogen-bond acceptors (Lipinski definition) is 6. The molecule has 1 aliphatic heterocycles. The van der Waals surface area contributed by atoms with Gasteiger partial charge in [-0.3, -0.25) is 4.40 Å². The zero-order valence-corrected chi connectivity index (χ0v) is 17.2. The first-order chi connectivity index (χ1) is 13.1. The number of carbonyl (C=O) groups is 2. The van der Waals surface area contributed by atoms with Crippen molar-refractivity contribution in [2.24, 2.45) is 0 Å². The minimum absolute atomic E-state index is 0.377. The predicted molar refractivity (Wildman–Crippen MR) is 106 cm³/mol. The number of methoxy groups -OCH3 is 1. The van der Waals surface area contributed by atoms with Gasteiger partial charge >= 0.3 is 12.1 Å². The lowest BCUT2D eigenvalue weighted by atomic mass is 9.87. The fourth-order valence-electron chi connectivity index (χ4n) is 3.41. The fraction of sp³-hybridized carbons (Fsp3) is 0.526. The Hall–Kier alpha value is -2.48. The van der Waals surface area contributed by atoms with E-state index in [2.05, 4.69) is 15.2 Å². The Morgan fingerprint density at radius 2 is 1.93 bits per heavy atom. The molecule has 0 radical (unpaired) electrons. The smallest absolute Gasteiger partial charge is 0.408 e. The second-order valence-corrected chi connectivity index (χ2v) is 8.34. The number of aromatic nitrogens is 2. The van der Waals surface area contributed by atoms with E-state index in [1.54, 1.807) is 33.3 Å². The van der Waals surface area contributed by atoms with Crippen LogP contribution in [0.4, 0.5) is 10.6 Å². The molecule has 0 saturated carbocycles. The van der Waals surface area contributed by atoms with Crippen LogP contribution in [0.25, 0.3) is 5.52 Å². The third-order valence-corrected chi connectivity index (χ3v) is 4.94. The topological polar surface area (TPSA) is 85.2 Å². The third kappa shape index (κ3) is 4.16. The van der Waals surface area contributed by atoms with Gasteiger partial charge in [-0.2, -0.15) is 0 Å². The predicted octanol–water partition coefficient (Wildman–Crippen LogP) is 3.02. The maximum absolute atomic E-state index is 12.5. The van der Waals surface area contributed by atoms with E-state index < -0.39 is 23.2 Å². The van der Waals surface area contributed by atoms with Gasteiger partial charge in [0, 0.05) is 18.1 Å². The van der Waals surface area contributed by atoms with Gasteiger partial charge in [0.05, 0.1) is 18.8 Å². The summed E-state index contributed by atoms with van der Waals surface area (Å²) in [5, 5.41) is 3.36. The summed E-state index contributed by atoms with van der Waals surface area (Å²) in [6, 6.07) is 3.70. The first-order valence-electron chi connectivity index (χ1n) is 9.10. The molecular weight excluding hydrogens is 384 g/mol. The van der Waals surface area contributed by atoms with E-state index in [1.807, 2.05) is 16.5 Å². The lowest BCUT2D eigenvalue weighted by Gasteiger charge is -2.41. The average Bonchev–Trinajstić information content (AvgIpc) is 3.07. The number of imidazole rings is 1. The van der Waals surface area contributed by atoms with E-state index in [0.717, 1.165) is 11.3 Å². The highest BCUT2D eigenvalue weighted by molar-refractivity contribution is 6.31. The first kappa shape index (κ1) is 20.3. The summed E-state index contributed by atoms with van der Waals surface area (Å²) in [5.41, 5.74) is -0.893. The van der Waals surface area contributed by atoms with Gasteiger partial charge in [0.1, 0.15) is 23.3 Å². The van der Waals surface area contributed by atoms with Gasteiger partial charge in [0.15, 0.2) is 0 Å². The SMILES string of the molecule is COC(=O)C1(NC(=O)OC(C)(C)C)CCN(c2cc(Cl)cc3cncn23)CC1. The zero-order chi connectivity index (χ0) is 20.5. The summed E-state index contributed by atoms with van der Waals surface area (Å²) in [7, 11) is 1.32. The highest BCUT2D eigenvalue weighted by Gasteiger charge is 2.45. The van der Waals surface area contributed by atoms with Crippen molar-refractivity contribution in [3.8, 4) is 0 Å². The van der Waals surface area contributed by atoms with Crippen LogP contribution in [-0.4, -0.2) is 52.8 Å². The number of esters is 1. The number of hydrogen-bond donors (Lipinski definition) is 1. The molecule has 3 rings (SSSR count). The molecule has 2 aromatic heterocycles. The van der Waals surface area contributed by atoms with Crippen LogP contribution in [0.3, 0.4) is 0 Å². The number of carbonyl (C=O) groups excluding carboxylic acids is 2. The van der Waals surface area contributed by atoms with Crippen molar-refractivity contribution in [1.82, 2.24) is 14.7 Å². The number of amides is 1.